The molecule has 25 heavy (non-hydrogen) atoms. The molecule has 0 radical (unpaired) electrons. The zero-order valence-electron chi connectivity index (χ0n) is 14.5. The molecule has 0 unspecified atom stereocenters. The van der Waals surface area contributed by atoms with Crippen LogP contribution >= 0.6 is 0 Å². The molecule has 5 nitrogen and oxygen atoms in total. The first-order valence-corrected chi connectivity index (χ1v) is 8.58. The Bertz CT molecular complexity index is 759. The quantitative estimate of drug-likeness (QED) is 0.898. The van der Waals surface area contributed by atoms with Crippen LogP contribution in [0.25, 0.3) is 0 Å². The number of nitrogens with one attached hydrogen (secondary N) is 2. The third-order valence-electron chi connectivity index (χ3n) is 4.40. The number of benzene rings is 2. The Morgan fingerprint density at radius 2 is 1.68 bits per heavy atom. The molecular weight excluding hydrogens is 314 g/mol. The molecule has 0 bridgehead atoms. The molecular formula is C20H23N3O2. The van der Waals surface area contributed by atoms with Crippen molar-refractivity contribution in [2.75, 3.05) is 16.8 Å². The summed E-state index contributed by atoms with van der Waals surface area (Å²) in [6, 6.07) is 16.2. The van der Waals surface area contributed by atoms with E-state index in [1.165, 1.54) is 5.56 Å². The van der Waals surface area contributed by atoms with Crippen LogP contribution in [0.2, 0.25) is 0 Å². The first kappa shape index (κ1) is 17.0. The minimum atomic E-state index is -0.574. The van der Waals surface area contributed by atoms with Gasteiger partial charge in [0.25, 0.3) is 0 Å². The van der Waals surface area contributed by atoms with Gasteiger partial charge in [0.15, 0.2) is 0 Å². The Hall–Kier alpha value is -2.82. The van der Waals surface area contributed by atoms with Crippen molar-refractivity contribution in [3.05, 3.63) is 60.2 Å². The Morgan fingerprint density at radius 3 is 2.40 bits per heavy atom. The number of rotatable bonds is 4. The summed E-state index contributed by atoms with van der Waals surface area (Å²) in [6.45, 7) is 4.53. The number of carbonyl (C=O) groups excluding carboxylic acids is 2. The molecule has 0 aliphatic carbocycles. The van der Waals surface area contributed by atoms with E-state index < -0.39 is 6.04 Å². The lowest BCUT2D eigenvalue weighted by Crippen LogP contribution is -2.52. The fourth-order valence-electron chi connectivity index (χ4n) is 3.08. The molecule has 2 aromatic rings. The van der Waals surface area contributed by atoms with Crippen molar-refractivity contribution in [1.82, 2.24) is 5.32 Å². The highest BCUT2D eigenvalue weighted by molar-refractivity contribution is 6.02. The maximum absolute atomic E-state index is 13.0. The van der Waals surface area contributed by atoms with Crippen LogP contribution in [0.4, 0.5) is 16.2 Å². The van der Waals surface area contributed by atoms with Crippen LogP contribution in [0.3, 0.4) is 0 Å². The van der Waals surface area contributed by atoms with Gasteiger partial charge in [0.05, 0.1) is 0 Å². The lowest BCUT2D eigenvalue weighted by Gasteiger charge is -2.27. The second-order valence-electron chi connectivity index (χ2n) is 6.55. The molecule has 1 heterocycles. The SMILES string of the molecule is CC(C)[C@@H](NC(=O)Nc1ccccc1)C(=O)N1CCc2ccccc21. The van der Waals surface area contributed by atoms with Gasteiger partial charge in [-0.25, -0.2) is 4.79 Å². The van der Waals surface area contributed by atoms with E-state index >= 15 is 0 Å². The largest absolute Gasteiger partial charge is 0.326 e. The first-order chi connectivity index (χ1) is 12.1. The topological polar surface area (TPSA) is 61.4 Å². The normalized spacial score (nSPS) is 14.1. The molecule has 1 atom stereocenters. The monoisotopic (exact) mass is 337 g/mol. The lowest BCUT2D eigenvalue weighted by molar-refractivity contribution is -0.121. The van der Waals surface area contributed by atoms with Crippen molar-refractivity contribution in [3.8, 4) is 0 Å². The van der Waals surface area contributed by atoms with Crippen LogP contribution in [0.15, 0.2) is 54.6 Å². The molecule has 130 valence electrons. The summed E-state index contributed by atoms with van der Waals surface area (Å²) in [6.07, 6.45) is 0.850. The van der Waals surface area contributed by atoms with E-state index in [9.17, 15) is 9.59 Å². The molecule has 0 saturated heterocycles. The van der Waals surface area contributed by atoms with E-state index in [2.05, 4.69) is 10.6 Å². The molecule has 5 heteroatoms. The number of nitrogens with zero attached hydrogens (tertiary/aromatic N) is 1. The van der Waals surface area contributed by atoms with E-state index in [0.29, 0.717) is 12.2 Å². The number of fused-ring (bicyclic) bond motifs is 1. The summed E-state index contributed by atoms with van der Waals surface area (Å²) in [5, 5.41) is 5.60. The van der Waals surface area contributed by atoms with Gasteiger partial charge < -0.3 is 15.5 Å². The van der Waals surface area contributed by atoms with Crippen LogP contribution in [0.5, 0.6) is 0 Å². The predicted octanol–water partition coefficient (Wildman–Crippen LogP) is 3.42. The van der Waals surface area contributed by atoms with Crippen LogP contribution < -0.4 is 15.5 Å². The van der Waals surface area contributed by atoms with Gasteiger partial charge in [0.2, 0.25) is 5.91 Å². The summed E-state index contributed by atoms with van der Waals surface area (Å²) >= 11 is 0. The van der Waals surface area contributed by atoms with Gasteiger partial charge in [-0.3, -0.25) is 4.79 Å². The Kier molecular flexibility index (Phi) is 5.03. The van der Waals surface area contributed by atoms with Gasteiger partial charge in [-0.15, -0.1) is 0 Å². The van der Waals surface area contributed by atoms with Gasteiger partial charge in [-0.05, 0) is 36.1 Å². The average Bonchev–Trinajstić information content (AvgIpc) is 3.04. The van der Waals surface area contributed by atoms with Gasteiger partial charge >= 0.3 is 6.03 Å². The molecule has 0 spiro atoms. The molecule has 0 saturated carbocycles. The molecule has 1 aliphatic heterocycles. The summed E-state index contributed by atoms with van der Waals surface area (Å²) < 4.78 is 0. The van der Waals surface area contributed by atoms with Crippen molar-refractivity contribution < 1.29 is 9.59 Å². The number of hydrogen-bond donors (Lipinski definition) is 2. The van der Waals surface area contributed by atoms with E-state index in [1.807, 2.05) is 68.4 Å². The Morgan fingerprint density at radius 1 is 1.00 bits per heavy atom. The Labute approximate surface area is 148 Å². The van der Waals surface area contributed by atoms with Crippen LogP contribution in [-0.4, -0.2) is 24.5 Å². The van der Waals surface area contributed by atoms with Crippen molar-refractivity contribution in [2.45, 2.75) is 26.3 Å². The van der Waals surface area contributed by atoms with E-state index in [0.717, 1.165) is 12.1 Å². The summed E-state index contributed by atoms with van der Waals surface area (Å²) in [4.78, 5) is 27.1. The van der Waals surface area contributed by atoms with Crippen LogP contribution in [0, 0.1) is 5.92 Å². The van der Waals surface area contributed by atoms with Crippen molar-refractivity contribution in [1.29, 1.82) is 0 Å². The number of carbonyl (C=O) groups is 2. The number of amides is 3. The minimum absolute atomic E-state index is 0.0122. The van der Waals surface area contributed by atoms with Crippen molar-refractivity contribution in [3.63, 3.8) is 0 Å². The van der Waals surface area contributed by atoms with E-state index in [4.69, 9.17) is 0 Å². The second-order valence-corrected chi connectivity index (χ2v) is 6.55. The molecule has 2 aromatic carbocycles. The smallest absolute Gasteiger partial charge is 0.319 e. The average molecular weight is 337 g/mol. The highest BCUT2D eigenvalue weighted by atomic mass is 16.2. The lowest BCUT2D eigenvalue weighted by atomic mass is 10.0. The number of urea groups is 1. The fourth-order valence-corrected chi connectivity index (χ4v) is 3.08. The molecule has 2 N–H and O–H groups in total. The molecule has 1 aliphatic rings. The van der Waals surface area contributed by atoms with Crippen LogP contribution in [0.1, 0.15) is 19.4 Å². The summed E-state index contributed by atoms with van der Waals surface area (Å²) in [5.74, 6) is -0.0788. The standard InChI is InChI=1S/C20H23N3O2/c1-14(2)18(22-20(25)21-16-9-4-3-5-10-16)19(24)23-13-12-15-8-6-7-11-17(15)23/h3-11,14,18H,12-13H2,1-2H3,(H2,21,22,25)/t18-/m1/s1. The molecule has 0 fully saturated rings. The van der Waals surface area contributed by atoms with Gasteiger partial charge in [-0.1, -0.05) is 50.2 Å². The van der Waals surface area contributed by atoms with E-state index in [-0.39, 0.29) is 17.9 Å². The third kappa shape index (κ3) is 3.82. The highest BCUT2D eigenvalue weighted by Gasteiger charge is 2.32. The number of para-hydroxylation sites is 2. The maximum atomic E-state index is 13.0. The van der Waals surface area contributed by atoms with Crippen molar-refractivity contribution >= 4 is 23.3 Å². The zero-order chi connectivity index (χ0) is 17.8. The van der Waals surface area contributed by atoms with Crippen molar-refractivity contribution in [2.24, 2.45) is 5.92 Å². The second kappa shape index (κ2) is 7.38. The fraction of sp³-hybridized carbons (Fsp3) is 0.300. The van der Waals surface area contributed by atoms with Gasteiger partial charge in [-0.2, -0.15) is 0 Å². The van der Waals surface area contributed by atoms with Gasteiger partial charge in [0, 0.05) is 17.9 Å². The number of anilines is 2. The predicted molar refractivity (Wildman–Crippen MR) is 99.7 cm³/mol. The summed E-state index contributed by atoms with van der Waals surface area (Å²) in [5.41, 5.74) is 2.82. The maximum Gasteiger partial charge on any atom is 0.319 e. The molecule has 0 aromatic heterocycles. The van der Waals surface area contributed by atoms with Crippen LogP contribution in [-0.2, 0) is 11.2 Å². The number of hydrogen-bond acceptors (Lipinski definition) is 2. The Balaban J connectivity index is 1.71. The highest BCUT2D eigenvalue weighted by Crippen LogP contribution is 2.28. The molecule has 3 rings (SSSR count). The first-order valence-electron chi connectivity index (χ1n) is 8.58. The van der Waals surface area contributed by atoms with Gasteiger partial charge in [0.1, 0.15) is 6.04 Å². The minimum Gasteiger partial charge on any atom is -0.326 e. The third-order valence-corrected chi connectivity index (χ3v) is 4.40. The summed E-state index contributed by atoms with van der Waals surface area (Å²) in [7, 11) is 0. The zero-order valence-corrected chi connectivity index (χ0v) is 14.5. The van der Waals surface area contributed by atoms with E-state index in [1.54, 1.807) is 4.90 Å². The molecule has 3 amide bonds.